The third-order valence-corrected chi connectivity index (χ3v) is 3.19. The molecule has 9 heteroatoms. The number of nitrogens with zero attached hydrogens (tertiary/aromatic N) is 2. The lowest BCUT2D eigenvalue weighted by atomic mass is 10.1. The van der Waals surface area contributed by atoms with Crippen molar-refractivity contribution in [3.8, 4) is 0 Å². The Hall–Kier alpha value is -2.23. The van der Waals surface area contributed by atoms with Crippen LogP contribution in [0.15, 0.2) is 29.2 Å². The Balaban J connectivity index is 2.19. The summed E-state index contributed by atoms with van der Waals surface area (Å²) in [4.78, 5) is 27.1. The predicted molar refractivity (Wildman–Crippen MR) is 77.3 cm³/mol. The minimum absolute atomic E-state index is 0.0927. The Morgan fingerprint density at radius 1 is 1.59 bits per heavy atom. The number of amides is 2. The number of ether oxygens (including phenoxy) is 1. The van der Waals surface area contributed by atoms with Gasteiger partial charge in [0.1, 0.15) is 18.0 Å². The van der Waals surface area contributed by atoms with E-state index in [1.807, 2.05) is 0 Å². The van der Waals surface area contributed by atoms with Gasteiger partial charge in [0.05, 0.1) is 6.61 Å². The largest absolute Gasteiger partial charge is 0.394 e. The predicted octanol–water partition coefficient (Wildman–Crippen LogP) is -0.808. The molecular formula is C13H18N4O5. The Labute approximate surface area is 126 Å². The summed E-state index contributed by atoms with van der Waals surface area (Å²) in [6.45, 7) is 5.49. The van der Waals surface area contributed by atoms with Crippen molar-refractivity contribution in [1.82, 2.24) is 14.9 Å². The molecule has 0 unspecified atom stereocenters. The van der Waals surface area contributed by atoms with Gasteiger partial charge in [-0.05, 0) is 13.0 Å². The van der Waals surface area contributed by atoms with Crippen molar-refractivity contribution < 1.29 is 19.7 Å². The first kappa shape index (κ1) is 16.1. The van der Waals surface area contributed by atoms with Gasteiger partial charge in [0.25, 0.3) is 0 Å². The summed E-state index contributed by atoms with van der Waals surface area (Å²) in [6.07, 6.45) is -1.43. The monoisotopic (exact) mass is 310 g/mol. The smallest absolute Gasteiger partial charge is 0.351 e. The fourth-order valence-electron chi connectivity index (χ4n) is 2.08. The molecule has 120 valence electrons. The zero-order valence-electron chi connectivity index (χ0n) is 12.0. The highest BCUT2D eigenvalue weighted by atomic mass is 16.5. The third kappa shape index (κ3) is 3.16. The fraction of sp³-hybridized carbons (Fsp3) is 0.462. The van der Waals surface area contributed by atoms with Crippen LogP contribution in [0, 0.1) is 0 Å². The maximum atomic E-state index is 12.0. The number of aliphatic hydroxyl groups is 2. The zero-order chi connectivity index (χ0) is 16.3. The molecular weight excluding hydrogens is 292 g/mol. The van der Waals surface area contributed by atoms with Crippen molar-refractivity contribution in [3.63, 3.8) is 0 Å². The maximum absolute atomic E-state index is 12.0. The molecule has 1 aliphatic rings. The summed E-state index contributed by atoms with van der Waals surface area (Å²) in [7, 11) is 0. The molecule has 1 aliphatic heterocycles. The second-order valence-electron chi connectivity index (χ2n) is 4.72. The number of carbonyl (C=O) groups excluding carboxylic acids is 1. The van der Waals surface area contributed by atoms with E-state index >= 15 is 0 Å². The number of carbonyl (C=O) groups is 1. The van der Waals surface area contributed by atoms with E-state index in [0.29, 0.717) is 6.54 Å². The van der Waals surface area contributed by atoms with Gasteiger partial charge in [-0.3, -0.25) is 9.88 Å². The van der Waals surface area contributed by atoms with Gasteiger partial charge in [-0.2, -0.15) is 4.98 Å². The van der Waals surface area contributed by atoms with Crippen LogP contribution in [0.1, 0.15) is 13.2 Å². The van der Waals surface area contributed by atoms with E-state index in [1.165, 1.54) is 12.3 Å². The Kier molecular flexibility index (Phi) is 4.91. The number of aliphatic hydroxyl groups excluding tert-OH is 2. The molecule has 2 heterocycles. The average molecular weight is 310 g/mol. The van der Waals surface area contributed by atoms with Crippen LogP contribution in [-0.4, -0.2) is 51.2 Å². The molecule has 1 aromatic rings. The Morgan fingerprint density at radius 2 is 2.32 bits per heavy atom. The molecule has 3 atom stereocenters. The van der Waals surface area contributed by atoms with Crippen LogP contribution in [-0.2, 0) is 4.74 Å². The minimum Gasteiger partial charge on any atom is -0.394 e. The number of rotatable bonds is 4. The van der Waals surface area contributed by atoms with E-state index in [9.17, 15) is 14.7 Å². The summed E-state index contributed by atoms with van der Waals surface area (Å²) in [5, 5.41) is 23.9. The molecule has 2 amide bonds. The second-order valence-corrected chi connectivity index (χ2v) is 4.72. The van der Waals surface area contributed by atoms with Gasteiger partial charge in [-0.15, -0.1) is 0 Å². The first-order chi connectivity index (χ1) is 10.5. The van der Waals surface area contributed by atoms with Crippen LogP contribution in [0.4, 0.5) is 10.6 Å². The van der Waals surface area contributed by atoms with Crippen LogP contribution in [0.25, 0.3) is 0 Å². The van der Waals surface area contributed by atoms with E-state index in [2.05, 4.69) is 22.2 Å². The molecule has 4 N–H and O–H groups in total. The van der Waals surface area contributed by atoms with Gasteiger partial charge in [-0.25, -0.2) is 9.59 Å². The second kappa shape index (κ2) is 6.69. The SMILES string of the molecule is C=C1[C@H](n2ccc(NC(=O)NCC)nc2=O)O[C@H](CO)[C@H]1O. The van der Waals surface area contributed by atoms with E-state index in [-0.39, 0.29) is 11.4 Å². The molecule has 9 nitrogen and oxygen atoms in total. The van der Waals surface area contributed by atoms with Gasteiger partial charge < -0.3 is 20.3 Å². The number of hydrogen-bond donors (Lipinski definition) is 4. The molecule has 0 aliphatic carbocycles. The standard InChI is InChI=1S/C13H18N4O5/c1-3-14-12(20)15-9-4-5-17(13(21)16-9)11-7(2)10(19)8(6-18)22-11/h4-5,8,10-11,18-19H,2-3,6H2,1H3,(H2,14,15,16,20,21)/t8-,10+,11-/m1/s1. The summed E-state index contributed by atoms with van der Waals surface area (Å²) in [5.41, 5.74) is -0.418. The topological polar surface area (TPSA) is 126 Å². The van der Waals surface area contributed by atoms with Crippen molar-refractivity contribution in [2.75, 3.05) is 18.5 Å². The molecule has 1 fully saturated rings. The number of hydrogen-bond acceptors (Lipinski definition) is 6. The number of aromatic nitrogens is 2. The number of urea groups is 1. The van der Waals surface area contributed by atoms with Gasteiger partial charge in [0.2, 0.25) is 0 Å². The molecule has 1 saturated heterocycles. The third-order valence-electron chi connectivity index (χ3n) is 3.19. The summed E-state index contributed by atoms with van der Waals surface area (Å²) < 4.78 is 6.51. The first-order valence-electron chi connectivity index (χ1n) is 6.75. The number of anilines is 1. The minimum atomic E-state index is -1.06. The molecule has 0 bridgehead atoms. The summed E-state index contributed by atoms with van der Waals surface area (Å²) in [5.74, 6) is 0.0927. The highest BCUT2D eigenvalue weighted by Gasteiger charge is 2.38. The number of nitrogens with one attached hydrogen (secondary N) is 2. The highest BCUT2D eigenvalue weighted by Crippen LogP contribution is 2.31. The van der Waals surface area contributed by atoms with E-state index in [0.717, 1.165) is 4.57 Å². The van der Waals surface area contributed by atoms with Crippen molar-refractivity contribution in [1.29, 1.82) is 0 Å². The van der Waals surface area contributed by atoms with Gasteiger partial charge in [0, 0.05) is 18.3 Å². The molecule has 22 heavy (non-hydrogen) atoms. The van der Waals surface area contributed by atoms with E-state index in [4.69, 9.17) is 9.84 Å². The van der Waals surface area contributed by atoms with Crippen LogP contribution >= 0.6 is 0 Å². The lowest BCUT2D eigenvalue weighted by molar-refractivity contribution is -0.0447. The van der Waals surface area contributed by atoms with Crippen molar-refractivity contribution >= 4 is 11.8 Å². The van der Waals surface area contributed by atoms with Crippen LogP contribution in [0.5, 0.6) is 0 Å². The highest BCUT2D eigenvalue weighted by molar-refractivity contribution is 5.87. The van der Waals surface area contributed by atoms with Crippen LogP contribution in [0.3, 0.4) is 0 Å². The van der Waals surface area contributed by atoms with Crippen molar-refractivity contribution in [2.24, 2.45) is 0 Å². The average Bonchev–Trinajstić information content (AvgIpc) is 2.75. The van der Waals surface area contributed by atoms with Crippen LogP contribution in [0.2, 0.25) is 0 Å². The normalized spacial score (nSPS) is 24.3. The maximum Gasteiger partial charge on any atom is 0.351 e. The van der Waals surface area contributed by atoms with Crippen LogP contribution < -0.4 is 16.3 Å². The molecule has 1 aromatic heterocycles. The zero-order valence-corrected chi connectivity index (χ0v) is 12.0. The quantitative estimate of drug-likeness (QED) is 0.539. The molecule has 0 spiro atoms. The Morgan fingerprint density at radius 3 is 2.86 bits per heavy atom. The molecule has 0 radical (unpaired) electrons. The van der Waals surface area contributed by atoms with E-state index in [1.54, 1.807) is 6.92 Å². The lowest BCUT2D eigenvalue weighted by Gasteiger charge is -2.15. The molecule has 0 aromatic carbocycles. The fourth-order valence-corrected chi connectivity index (χ4v) is 2.08. The first-order valence-corrected chi connectivity index (χ1v) is 6.75. The van der Waals surface area contributed by atoms with Crippen molar-refractivity contribution in [2.45, 2.75) is 25.4 Å². The molecule has 0 saturated carbocycles. The Bertz CT molecular complexity index is 629. The molecule has 2 rings (SSSR count). The van der Waals surface area contributed by atoms with Gasteiger partial charge in [0.15, 0.2) is 6.23 Å². The summed E-state index contributed by atoms with van der Waals surface area (Å²) in [6, 6.07) is 0.954. The van der Waals surface area contributed by atoms with Gasteiger partial charge >= 0.3 is 11.7 Å². The van der Waals surface area contributed by atoms with Gasteiger partial charge in [-0.1, -0.05) is 6.58 Å². The van der Waals surface area contributed by atoms with Crippen molar-refractivity contribution in [3.05, 3.63) is 34.9 Å². The summed E-state index contributed by atoms with van der Waals surface area (Å²) >= 11 is 0. The lowest BCUT2D eigenvalue weighted by Crippen LogP contribution is -2.32. The van der Waals surface area contributed by atoms with E-state index < -0.39 is 36.8 Å².